The van der Waals surface area contributed by atoms with Gasteiger partial charge in [0.2, 0.25) is 15.9 Å². The number of carbonyl (C=O) groups is 1. The highest BCUT2D eigenvalue weighted by molar-refractivity contribution is 7.89. The molecule has 0 saturated carbocycles. The summed E-state index contributed by atoms with van der Waals surface area (Å²) in [6.07, 6.45) is 1.29. The Bertz CT molecular complexity index is 666. The van der Waals surface area contributed by atoms with Gasteiger partial charge in [-0.25, -0.2) is 12.8 Å². The highest BCUT2D eigenvalue weighted by Crippen LogP contribution is 2.24. The fourth-order valence-electron chi connectivity index (χ4n) is 2.60. The maximum absolute atomic E-state index is 13.0. The highest BCUT2D eigenvalue weighted by Gasteiger charge is 2.34. The fourth-order valence-corrected chi connectivity index (χ4v) is 4.13. The summed E-state index contributed by atoms with van der Waals surface area (Å²) in [5.74, 6) is -0.972. The van der Waals surface area contributed by atoms with E-state index in [1.165, 1.54) is 16.4 Å². The first kappa shape index (κ1) is 17.9. The Kier molecular flexibility index (Phi) is 5.10. The predicted octanol–water partition coefficient (Wildman–Crippen LogP) is 2.14. The SMILES string of the molecule is CC(C)(C)NC(=O)[C@@H]1CCCN(S(=O)(=O)c2ccc(F)cc2)C1. The molecular weight excluding hydrogens is 319 g/mol. The third-order valence-corrected chi connectivity index (χ3v) is 5.58. The van der Waals surface area contributed by atoms with E-state index in [1.807, 2.05) is 20.8 Å². The minimum absolute atomic E-state index is 0.0516. The molecule has 7 heteroatoms. The average molecular weight is 342 g/mol. The Balaban J connectivity index is 2.14. The number of carbonyl (C=O) groups excluding carboxylic acids is 1. The summed E-state index contributed by atoms with van der Waals surface area (Å²) >= 11 is 0. The van der Waals surface area contributed by atoms with Gasteiger partial charge in [0.25, 0.3) is 0 Å². The number of benzene rings is 1. The third kappa shape index (κ3) is 4.51. The minimum atomic E-state index is -3.70. The van der Waals surface area contributed by atoms with Gasteiger partial charge in [0.1, 0.15) is 5.82 Å². The Morgan fingerprint density at radius 3 is 2.43 bits per heavy atom. The van der Waals surface area contributed by atoms with Crippen LogP contribution in [-0.2, 0) is 14.8 Å². The number of hydrogen-bond donors (Lipinski definition) is 1. The molecule has 0 bridgehead atoms. The second-order valence-electron chi connectivity index (χ2n) is 6.90. The van der Waals surface area contributed by atoms with Crippen LogP contribution >= 0.6 is 0 Å². The van der Waals surface area contributed by atoms with Crippen LogP contribution < -0.4 is 5.32 Å². The van der Waals surface area contributed by atoms with Crippen molar-refractivity contribution in [1.82, 2.24) is 9.62 Å². The number of amides is 1. The molecule has 2 rings (SSSR count). The summed E-state index contributed by atoms with van der Waals surface area (Å²) < 4.78 is 39.5. The molecule has 1 N–H and O–H groups in total. The van der Waals surface area contributed by atoms with Gasteiger partial charge < -0.3 is 5.32 Å². The topological polar surface area (TPSA) is 66.5 Å². The van der Waals surface area contributed by atoms with E-state index >= 15 is 0 Å². The van der Waals surface area contributed by atoms with Crippen LogP contribution in [0.2, 0.25) is 0 Å². The van der Waals surface area contributed by atoms with E-state index in [9.17, 15) is 17.6 Å². The smallest absolute Gasteiger partial charge is 0.243 e. The second-order valence-corrected chi connectivity index (χ2v) is 8.83. The standard InChI is InChI=1S/C16H23FN2O3S/c1-16(2,3)18-15(20)12-5-4-10-19(11-12)23(21,22)14-8-6-13(17)7-9-14/h6-9,12H,4-5,10-11H2,1-3H3,(H,18,20)/t12-/m1/s1. The van der Waals surface area contributed by atoms with Crippen molar-refractivity contribution in [2.24, 2.45) is 5.92 Å². The van der Waals surface area contributed by atoms with Gasteiger partial charge in [-0.05, 0) is 57.9 Å². The largest absolute Gasteiger partial charge is 0.351 e. The molecule has 1 heterocycles. The first-order valence-electron chi connectivity index (χ1n) is 7.67. The maximum Gasteiger partial charge on any atom is 0.243 e. The van der Waals surface area contributed by atoms with Crippen molar-refractivity contribution >= 4 is 15.9 Å². The minimum Gasteiger partial charge on any atom is -0.351 e. The van der Waals surface area contributed by atoms with Crippen molar-refractivity contribution in [3.63, 3.8) is 0 Å². The third-order valence-electron chi connectivity index (χ3n) is 3.70. The Labute approximate surface area is 136 Å². The summed E-state index contributed by atoms with van der Waals surface area (Å²) in [6.45, 7) is 6.20. The first-order valence-corrected chi connectivity index (χ1v) is 9.11. The molecule has 1 atom stereocenters. The van der Waals surface area contributed by atoms with E-state index in [0.29, 0.717) is 19.4 Å². The normalized spacial score (nSPS) is 20.3. The van der Waals surface area contributed by atoms with E-state index in [4.69, 9.17) is 0 Å². The van der Waals surface area contributed by atoms with Crippen molar-refractivity contribution in [2.75, 3.05) is 13.1 Å². The second kappa shape index (κ2) is 6.57. The number of hydrogen-bond acceptors (Lipinski definition) is 3. The number of nitrogens with one attached hydrogen (secondary N) is 1. The molecule has 1 amide bonds. The van der Waals surface area contributed by atoms with Crippen LogP contribution in [0.1, 0.15) is 33.6 Å². The lowest BCUT2D eigenvalue weighted by atomic mass is 9.97. The van der Waals surface area contributed by atoms with Crippen LogP contribution in [-0.4, -0.2) is 37.3 Å². The molecule has 1 aromatic rings. The summed E-state index contributed by atoms with van der Waals surface area (Å²) in [5.41, 5.74) is -0.352. The molecule has 5 nitrogen and oxygen atoms in total. The van der Waals surface area contributed by atoms with Crippen molar-refractivity contribution in [2.45, 2.75) is 44.0 Å². The lowest BCUT2D eigenvalue weighted by molar-refractivity contribution is -0.127. The Morgan fingerprint density at radius 2 is 1.87 bits per heavy atom. The van der Waals surface area contributed by atoms with Gasteiger partial charge >= 0.3 is 0 Å². The van der Waals surface area contributed by atoms with Gasteiger partial charge in [0.15, 0.2) is 0 Å². The number of sulfonamides is 1. The fraction of sp³-hybridized carbons (Fsp3) is 0.562. The summed E-state index contributed by atoms with van der Waals surface area (Å²) in [6, 6.07) is 4.76. The van der Waals surface area contributed by atoms with E-state index in [2.05, 4.69) is 5.32 Å². The van der Waals surface area contributed by atoms with Gasteiger partial charge in [-0.15, -0.1) is 0 Å². The number of rotatable bonds is 3. The number of nitrogens with zero attached hydrogens (tertiary/aromatic N) is 1. The van der Waals surface area contributed by atoms with Crippen LogP contribution in [0.25, 0.3) is 0 Å². The zero-order chi connectivity index (χ0) is 17.3. The quantitative estimate of drug-likeness (QED) is 0.915. The van der Waals surface area contributed by atoms with Crippen LogP contribution in [0.4, 0.5) is 4.39 Å². The lowest BCUT2D eigenvalue weighted by Crippen LogP contribution is -2.49. The van der Waals surface area contributed by atoms with Crippen LogP contribution in [0, 0.1) is 11.7 Å². The molecule has 0 aliphatic carbocycles. The van der Waals surface area contributed by atoms with Gasteiger partial charge in [-0.2, -0.15) is 4.31 Å². The molecule has 1 fully saturated rings. The zero-order valence-electron chi connectivity index (χ0n) is 13.7. The van der Waals surface area contributed by atoms with Gasteiger partial charge in [0.05, 0.1) is 10.8 Å². The van der Waals surface area contributed by atoms with Crippen LogP contribution in [0.15, 0.2) is 29.2 Å². The van der Waals surface area contributed by atoms with Gasteiger partial charge in [-0.1, -0.05) is 0 Å². The molecule has 1 aliphatic heterocycles. The zero-order valence-corrected chi connectivity index (χ0v) is 14.5. The van der Waals surface area contributed by atoms with Crippen molar-refractivity contribution in [3.05, 3.63) is 30.1 Å². The summed E-state index contributed by atoms with van der Waals surface area (Å²) in [7, 11) is -3.70. The molecule has 0 radical (unpaired) electrons. The molecule has 128 valence electrons. The number of piperidine rings is 1. The summed E-state index contributed by atoms with van der Waals surface area (Å²) in [4.78, 5) is 12.3. The average Bonchev–Trinajstić information content (AvgIpc) is 2.46. The lowest BCUT2D eigenvalue weighted by Gasteiger charge is -2.33. The molecule has 1 aromatic carbocycles. The monoisotopic (exact) mass is 342 g/mol. The molecule has 0 spiro atoms. The van der Waals surface area contributed by atoms with Gasteiger partial charge in [-0.3, -0.25) is 4.79 Å². The number of halogens is 1. The van der Waals surface area contributed by atoms with E-state index in [-0.39, 0.29) is 28.8 Å². The first-order chi connectivity index (χ1) is 10.6. The highest BCUT2D eigenvalue weighted by atomic mass is 32.2. The van der Waals surface area contributed by atoms with Crippen molar-refractivity contribution in [1.29, 1.82) is 0 Å². The van der Waals surface area contributed by atoms with Gasteiger partial charge in [0, 0.05) is 18.6 Å². The summed E-state index contributed by atoms with van der Waals surface area (Å²) in [5, 5.41) is 2.90. The van der Waals surface area contributed by atoms with Crippen molar-refractivity contribution < 1.29 is 17.6 Å². The molecular formula is C16H23FN2O3S. The molecule has 1 saturated heterocycles. The Morgan fingerprint density at radius 1 is 1.26 bits per heavy atom. The van der Waals surface area contributed by atoms with Crippen molar-refractivity contribution in [3.8, 4) is 0 Å². The maximum atomic E-state index is 13.0. The predicted molar refractivity (Wildman–Crippen MR) is 85.8 cm³/mol. The van der Waals surface area contributed by atoms with E-state index < -0.39 is 15.8 Å². The Hall–Kier alpha value is -1.47. The van der Waals surface area contributed by atoms with E-state index in [1.54, 1.807) is 0 Å². The van der Waals surface area contributed by atoms with E-state index in [0.717, 1.165) is 12.1 Å². The molecule has 0 aromatic heterocycles. The van der Waals surface area contributed by atoms with Crippen LogP contribution in [0.5, 0.6) is 0 Å². The molecule has 23 heavy (non-hydrogen) atoms. The molecule has 1 aliphatic rings. The molecule has 0 unspecified atom stereocenters. The van der Waals surface area contributed by atoms with Crippen LogP contribution in [0.3, 0.4) is 0 Å².